The van der Waals surface area contributed by atoms with Gasteiger partial charge < -0.3 is 30.5 Å². The molecule has 0 unspecified atom stereocenters. The molecule has 0 spiro atoms. The summed E-state index contributed by atoms with van der Waals surface area (Å²) in [6.45, 7) is 5.12. The predicted molar refractivity (Wildman–Crippen MR) is 98.1 cm³/mol. The SMILES string of the molecule is COC(=O)CCN1CCN(C(=O)CNC(=O)N2CCN(C(=N)N)CC2)CC1. The molecule has 0 saturated carbocycles. The third-order valence-electron chi connectivity index (χ3n) is 4.88. The fourth-order valence-electron chi connectivity index (χ4n) is 3.10. The Balaban J connectivity index is 1.64. The minimum absolute atomic E-state index is 0.0102. The van der Waals surface area contributed by atoms with Crippen LogP contribution in [0.25, 0.3) is 0 Å². The maximum absolute atomic E-state index is 12.3. The highest BCUT2D eigenvalue weighted by Gasteiger charge is 2.24. The Labute approximate surface area is 158 Å². The Morgan fingerprint density at radius 2 is 1.52 bits per heavy atom. The van der Waals surface area contributed by atoms with Crippen LogP contribution in [0.15, 0.2) is 0 Å². The van der Waals surface area contributed by atoms with Crippen LogP contribution >= 0.6 is 0 Å². The summed E-state index contributed by atoms with van der Waals surface area (Å²) in [5.74, 6) is -0.338. The van der Waals surface area contributed by atoms with Crippen molar-refractivity contribution in [3.8, 4) is 0 Å². The first-order chi connectivity index (χ1) is 12.9. The Morgan fingerprint density at radius 1 is 0.963 bits per heavy atom. The molecule has 2 heterocycles. The number of nitrogens with zero attached hydrogens (tertiary/aromatic N) is 4. The number of urea groups is 1. The van der Waals surface area contributed by atoms with Crippen LogP contribution in [0.4, 0.5) is 4.79 Å². The lowest BCUT2D eigenvalue weighted by atomic mass is 10.3. The largest absolute Gasteiger partial charge is 0.469 e. The zero-order valence-corrected chi connectivity index (χ0v) is 15.8. The van der Waals surface area contributed by atoms with Crippen LogP contribution in [0.2, 0.25) is 0 Å². The molecule has 0 aliphatic carbocycles. The lowest BCUT2D eigenvalue weighted by Gasteiger charge is -2.36. The summed E-state index contributed by atoms with van der Waals surface area (Å²) in [6.07, 6.45) is 0.345. The number of carbonyl (C=O) groups is 3. The molecule has 0 aromatic rings. The molecule has 2 rings (SSSR count). The van der Waals surface area contributed by atoms with Gasteiger partial charge in [-0.3, -0.25) is 19.9 Å². The first-order valence-electron chi connectivity index (χ1n) is 9.09. The van der Waals surface area contributed by atoms with Crippen LogP contribution in [0.5, 0.6) is 0 Å². The molecule has 4 N–H and O–H groups in total. The summed E-state index contributed by atoms with van der Waals surface area (Å²) < 4.78 is 4.63. The minimum Gasteiger partial charge on any atom is -0.469 e. The van der Waals surface area contributed by atoms with E-state index < -0.39 is 0 Å². The highest BCUT2D eigenvalue weighted by molar-refractivity contribution is 5.84. The molecule has 11 nitrogen and oxygen atoms in total. The zero-order chi connectivity index (χ0) is 19.8. The van der Waals surface area contributed by atoms with Gasteiger partial charge in [0.1, 0.15) is 0 Å². The normalized spacial score (nSPS) is 18.2. The van der Waals surface area contributed by atoms with Crippen molar-refractivity contribution >= 4 is 23.9 Å². The van der Waals surface area contributed by atoms with Crippen molar-refractivity contribution in [2.75, 3.05) is 72.6 Å². The molecular weight excluding hydrogens is 354 g/mol. The van der Waals surface area contributed by atoms with Gasteiger partial charge in [-0.05, 0) is 0 Å². The lowest BCUT2D eigenvalue weighted by Crippen LogP contribution is -2.56. The number of ether oxygens (including phenoxy) is 1. The number of guanidine groups is 1. The van der Waals surface area contributed by atoms with Gasteiger partial charge in [-0.2, -0.15) is 0 Å². The summed E-state index contributed by atoms with van der Waals surface area (Å²) in [7, 11) is 1.37. The number of hydrogen-bond acceptors (Lipinski definition) is 6. The molecule has 2 aliphatic rings. The van der Waals surface area contributed by atoms with Gasteiger partial charge in [-0.15, -0.1) is 0 Å². The van der Waals surface area contributed by atoms with E-state index in [1.807, 2.05) is 0 Å². The van der Waals surface area contributed by atoms with Crippen molar-refractivity contribution in [3.05, 3.63) is 0 Å². The second-order valence-corrected chi connectivity index (χ2v) is 6.57. The molecule has 152 valence electrons. The van der Waals surface area contributed by atoms with E-state index in [1.165, 1.54) is 7.11 Å². The van der Waals surface area contributed by atoms with E-state index >= 15 is 0 Å². The summed E-state index contributed by atoms with van der Waals surface area (Å²) in [5, 5.41) is 10.1. The van der Waals surface area contributed by atoms with Crippen molar-refractivity contribution in [3.63, 3.8) is 0 Å². The number of hydrogen-bond donors (Lipinski definition) is 3. The van der Waals surface area contributed by atoms with Gasteiger partial charge >= 0.3 is 12.0 Å². The van der Waals surface area contributed by atoms with Crippen LogP contribution in [-0.2, 0) is 14.3 Å². The van der Waals surface area contributed by atoms with Gasteiger partial charge in [0.15, 0.2) is 5.96 Å². The Bertz CT molecular complexity index is 555. The van der Waals surface area contributed by atoms with Gasteiger partial charge in [0, 0.05) is 58.9 Å². The number of amides is 3. The molecule has 0 radical (unpaired) electrons. The Morgan fingerprint density at radius 3 is 2.07 bits per heavy atom. The molecule has 0 atom stereocenters. The van der Waals surface area contributed by atoms with Gasteiger partial charge in [-0.25, -0.2) is 4.79 Å². The first-order valence-corrected chi connectivity index (χ1v) is 9.09. The van der Waals surface area contributed by atoms with Gasteiger partial charge in [0.05, 0.1) is 20.1 Å². The maximum atomic E-state index is 12.3. The minimum atomic E-state index is -0.275. The molecule has 27 heavy (non-hydrogen) atoms. The van der Waals surface area contributed by atoms with E-state index in [0.29, 0.717) is 65.3 Å². The van der Waals surface area contributed by atoms with E-state index in [4.69, 9.17) is 11.1 Å². The fourth-order valence-corrected chi connectivity index (χ4v) is 3.10. The van der Waals surface area contributed by atoms with Gasteiger partial charge in [-0.1, -0.05) is 0 Å². The van der Waals surface area contributed by atoms with Crippen molar-refractivity contribution in [1.82, 2.24) is 24.9 Å². The van der Waals surface area contributed by atoms with E-state index in [9.17, 15) is 14.4 Å². The van der Waals surface area contributed by atoms with Crippen LogP contribution < -0.4 is 11.1 Å². The van der Waals surface area contributed by atoms with Crippen LogP contribution in [0.3, 0.4) is 0 Å². The molecule has 0 bridgehead atoms. The molecule has 2 aliphatic heterocycles. The third kappa shape index (κ3) is 6.27. The maximum Gasteiger partial charge on any atom is 0.317 e. The average molecular weight is 383 g/mol. The molecular formula is C16H29N7O4. The van der Waals surface area contributed by atoms with Gasteiger partial charge in [0.2, 0.25) is 5.91 Å². The summed E-state index contributed by atoms with van der Waals surface area (Å²) in [5.41, 5.74) is 5.43. The second kappa shape index (κ2) is 9.95. The van der Waals surface area contributed by atoms with E-state index in [2.05, 4.69) is 15.0 Å². The number of rotatable bonds is 5. The monoisotopic (exact) mass is 383 g/mol. The standard InChI is InChI=1S/C16H29N7O4/c1-27-14(25)2-3-20-4-6-21(7-5-20)13(24)12-19-16(26)23-10-8-22(9-11-23)15(17)18/h2-12H2,1H3,(H3,17,18)(H,19,26). The quantitative estimate of drug-likeness (QED) is 0.281. The van der Waals surface area contributed by atoms with E-state index in [1.54, 1.807) is 14.7 Å². The summed E-state index contributed by atoms with van der Waals surface area (Å²) >= 11 is 0. The van der Waals surface area contributed by atoms with Crippen LogP contribution in [0.1, 0.15) is 6.42 Å². The number of methoxy groups -OCH3 is 1. The van der Waals surface area contributed by atoms with E-state index in [0.717, 1.165) is 0 Å². The predicted octanol–water partition coefficient (Wildman–Crippen LogP) is -2.09. The van der Waals surface area contributed by atoms with Crippen LogP contribution in [0, 0.1) is 5.41 Å². The fraction of sp³-hybridized carbons (Fsp3) is 0.750. The number of piperazine rings is 2. The highest BCUT2D eigenvalue weighted by Crippen LogP contribution is 2.04. The average Bonchev–Trinajstić information content (AvgIpc) is 2.70. The number of nitrogens with one attached hydrogen (secondary N) is 2. The molecule has 0 aromatic heterocycles. The molecule has 2 fully saturated rings. The zero-order valence-electron chi connectivity index (χ0n) is 15.8. The number of carbonyl (C=O) groups excluding carboxylic acids is 3. The smallest absolute Gasteiger partial charge is 0.317 e. The molecule has 2 saturated heterocycles. The topological polar surface area (TPSA) is 135 Å². The third-order valence-corrected chi connectivity index (χ3v) is 4.88. The molecule has 3 amide bonds. The second-order valence-electron chi connectivity index (χ2n) is 6.57. The Hall–Kier alpha value is -2.56. The first kappa shape index (κ1) is 20.7. The summed E-state index contributed by atoms with van der Waals surface area (Å²) in [6, 6.07) is -0.275. The van der Waals surface area contributed by atoms with Gasteiger partial charge in [0.25, 0.3) is 0 Å². The summed E-state index contributed by atoms with van der Waals surface area (Å²) in [4.78, 5) is 42.8. The molecule has 0 aromatic carbocycles. The van der Waals surface area contributed by atoms with Crippen molar-refractivity contribution in [2.45, 2.75) is 6.42 Å². The Kier molecular flexibility index (Phi) is 7.65. The lowest BCUT2D eigenvalue weighted by molar-refractivity contribution is -0.141. The van der Waals surface area contributed by atoms with Crippen molar-refractivity contribution in [2.24, 2.45) is 5.73 Å². The number of esters is 1. The highest BCUT2D eigenvalue weighted by atomic mass is 16.5. The van der Waals surface area contributed by atoms with Crippen LogP contribution in [-0.4, -0.2) is 116 Å². The molecule has 11 heteroatoms. The van der Waals surface area contributed by atoms with E-state index in [-0.39, 0.29) is 30.4 Å². The van der Waals surface area contributed by atoms with Crippen molar-refractivity contribution < 1.29 is 19.1 Å². The number of nitrogens with two attached hydrogens (primary N) is 1. The van der Waals surface area contributed by atoms with Crippen molar-refractivity contribution in [1.29, 1.82) is 5.41 Å².